The van der Waals surface area contributed by atoms with E-state index in [4.69, 9.17) is 4.74 Å². The summed E-state index contributed by atoms with van der Waals surface area (Å²) in [5, 5.41) is 3.90. The maximum atomic E-state index is 11.8. The number of hydrogen-bond acceptors (Lipinski definition) is 3. The molecule has 1 fully saturated rings. The number of amides is 1. The Hall–Kier alpha value is -2.30. The number of hydrogen-bond donors (Lipinski definition) is 2. The molecule has 1 aliphatic heterocycles. The van der Waals surface area contributed by atoms with Crippen molar-refractivity contribution in [2.45, 2.75) is 31.7 Å². The Morgan fingerprint density at radius 3 is 3.00 bits per heavy atom. The van der Waals surface area contributed by atoms with Gasteiger partial charge >= 0.3 is 5.97 Å². The number of esters is 1. The van der Waals surface area contributed by atoms with E-state index >= 15 is 0 Å². The van der Waals surface area contributed by atoms with Gasteiger partial charge in [0.05, 0.1) is 6.61 Å². The van der Waals surface area contributed by atoms with Crippen LogP contribution in [0.4, 0.5) is 0 Å². The maximum Gasteiger partial charge on any atom is 0.328 e. The van der Waals surface area contributed by atoms with Crippen molar-refractivity contribution < 1.29 is 14.3 Å². The zero-order valence-corrected chi connectivity index (χ0v) is 11.7. The van der Waals surface area contributed by atoms with E-state index in [2.05, 4.69) is 22.4 Å². The lowest BCUT2D eigenvalue weighted by atomic mass is 10.1. The Bertz CT molecular complexity index is 629. The third kappa shape index (κ3) is 3.24. The molecule has 1 aliphatic rings. The van der Waals surface area contributed by atoms with Gasteiger partial charge in [-0.1, -0.05) is 18.2 Å². The first-order valence-corrected chi connectivity index (χ1v) is 7.25. The summed E-state index contributed by atoms with van der Waals surface area (Å²) >= 11 is 0. The number of aromatic nitrogens is 1. The number of carbonyl (C=O) groups excluding carboxylic acids is 2. The Morgan fingerprint density at radius 2 is 2.24 bits per heavy atom. The van der Waals surface area contributed by atoms with Gasteiger partial charge in [0.1, 0.15) is 6.04 Å². The number of aromatic amines is 1. The molecule has 5 heteroatoms. The normalized spacial score (nSPS) is 17.9. The van der Waals surface area contributed by atoms with Crippen LogP contribution in [-0.2, 0) is 20.7 Å². The summed E-state index contributed by atoms with van der Waals surface area (Å²) in [6.07, 6.45) is 2.56. The molecule has 1 atom stereocenters. The molecule has 0 spiro atoms. The van der Waals surface area contributed by atoms with Crippen molar-refractivity contribution >= 4 is 22.8 Å². The molecule has 2 aromatic rings. The quantitative estimate of drug-likeness (QED) is 0.825. The molecular weight excluding hydrogens is 268 g/mol. The lowest BCUT2D eigenvalue weighted by Crippen LogP contribution is -2.37. The van der Waals surface area contributed by atoms with E-state index in [1.165, 1.54) is 5.39 Å². The fraction of sp³-hybridized carbons (Fsp3) is 0.375. The highest BCUT2D eigenvalue weighted by molar-refractivity contribution is 5.85. The molecule has 1 aromatic carbocycles. The van der Waals surface area contributed by atoms with Gasteiger partial charge in [0.25, 0.3) is 0 Å². The van der Waals surface area contributed by atoms with Crippen molar-refractivity contribution in [3.8, 4) is 0 Å². The number of ether oxygens (including phenoxy) is 1. The van der Waals surface area contributed by atoms with E-state index < -0.39 is 6.04 Å². The van der Waals surface area contributed by atoms with Gasteiger partial charge in [0.15, 0.2) is 0 Å². The summed E-state index contributed by atoms with van der Waals surface area (Å²) in [4.78, 5) is 26.4. The predicted octanol–water partition coefficient (Wildman–Crippen LogP) is 1.92. The van der Waals surface area contributed by atoms with Crippen molar-refractivity contribution in [2.75, 3.05) is 6.61 Å². The number of para-hydroxylation sites is 1. The fourth-order valence-electron chi connectivity index (χ4n) is 2.60. The summed E-state index contributed by atoms with van der Waals surface area (Å²) in [6.45, 7) is 0.402. The Balaban J connectivity index is 1.47. The zero-order chi connectivity index (χ0) is 14.7. The number of H-pyrrole nitrogens is 1. The highest BCUT2D eigenvalue weighted by Gasteiger charge is 2.27. The number of carbonyl (C=O) groups is 2. The summed E-state index contributed by atoms with van der Waals surface area (Å²) in [5.74, 6) is -0.408. The van der Waals surface area contributed by atoms with Gasteiger partial charge in [-0.25, -0.2) is 4.79 Å². The molecule has 0 bridgehead atoms. The molecule has 21 heavy (non-hydrogen) atoms. The molecule has 5 nitrogen and oxygen atoms in total. The topological polar surface area (TPSA) is 71.2 Å². The van der Waals surface area contributed by atoms with Gasteiger partial charge < -0.3 is 15.0 Å². The summed E-state index contributed by atoms with van der Waals surface area (Å²) < 4.78 is 4.82. The van der Waals surface area contributed by atoms with Crippen molar-refractivity contribution in [2.24, 2.45) is 0 Å². The average Bonchev–Trinajstić information content (AvgIpc) is 3.05. The van der Waals surface area contributed by atoms with Crippen molar-refractivity contribution in [3.63, 3.8) is 0 Å². The second kappa shape index (κ2) is 5.99. The number of nitrogens with one attached hydrogen (secondary N) is 2. The molecule has 0 aliphatic carbocycles. The van der Waals surface area contributed by atoms with E-state index in [1.54, 1.807) is 0 Å². The van der Waals surface area contributed by atoms with Crippen LogP contribution in [0.2, 0.25) is 0 Å². The van der Waals surface area contributed by atoms with Crippen LogP contribution in [0.5, 0.6) is 0 Å². The first kappa shape index (κ1) is 13.7. The number of aryl methyl sites for hydroxylation is 1. The maximum absolute atomic E-state index is 11.8. The minimum atomic E-state index is -0.453. The molecule has 110 valence electrons. The smallest absolute Gasteiger partial charge is 0.328 e. The SMILES string of the molecule is O=C(CCCc1cc2ccccc2[nH]1)NC1CCOC1=O. The molecule has 2 N–H and O–H groups in total. The standard InChI is InChI=1S/C16H18N2O3/c19-15(18-14-8-9-21-16(14)20)7-3-5-12-10-11-4-1-2-6-13(11)17-12/h1-2,4,6,10,14,17H,3,5,7-9H2,(H,18,19). The van der Waals surface area contributed by atoms with E-state index in [0.29, 0.717) is 19.4 Å². The third-order valence-corrected chi connectivity index (χ3v) is 3.71. The van der Waals surface area contributed by atoms with E-state index in [9.17, 15) is 9.59 Å². The predicted molar refractivity (Wildman–Crippen MR) is 78.7 cm³/mol. The van der Waals surface area contributed by atoms with Crippen LogP contribution in [0.3, 0.4) is 0 Å². The molecule has 3 rings (SSSR count). The van der Waals surface area contributed by atoms with Gasteiger partial charge in [-0.2, -0.15) is 0 Å². The lowest BCUT2D eigenvalue weighted by molar-refractivity contribution is -0.141. The summed E-state index contributed by atoms with van der Waals surface area (Å²) in [5.41, 5.74) is 2.25. The van der Waals surface area contributed by atoms with Gasteiger partial charge in [0.2, 0.25) is 5.91 Å². The Kier molecular flexibility index (Phi) is 3.90. The number of rotatable bonds is 5. The van der Waals surface area contributed by atoms with Crippen LogP contribution in [-0.4, -0.2) is 29.5 Å². The van der Waals surface area contributed by atoms with Gasteiger partial charge in [-0.15, -0.1) is 0 Å². The minimum absolute atomic E-state index is 0.0880. The highest BCUT2D eigenvalue weighted by Crippen LogP contribution is 2.16. The lowest BCUT2D eigenvalue weighted by Gasteiger charge is -2.08. The Labute approximate surface area is 122 Å². The van der Waals surface area contributed by atoms with Gasteiger partial charge in [-0.05, 0) is 30.4 Å². The molecule has 0 saturated carbocycles. The molecule has 0 radical (unpaired) electrons. The van der Waals surface area contributed by atoms with Crippen LogP contribution in [0, 0.1) is 0 Å². The molecule has 1 aromatic heterocycles. The van der Waals surface area contributed by atoms with Gasteiger partial charge in [0, 0.05) is 24.1 Å². The van der Waals surface area contributed by atoms with Crippen LogP contribution in [0.15, 0.2) is 30.3 Å². The van der Waals surface area contributed by atoms with E-state index in [1.807, 2.05) is 18.2 Å². The first-order valence-electron chi connectivity index (χ1n) is 7.25. The van der Waals surface area contributed by atoms with Crippen LogP contribution < -0.4 is 5.32 Å². The number of cyclic esters (lactones) is 1. The van der Waals surface area contributed by atoms with E-state index in [0.717, 1.165) is 24.1 Å². The summed E-state index contributed by atoms with van der Waals surface area (Å²) in [6, 6.07) is 9.77. The molecule has 1 saturated heterocycles. The molecular formula is C16H18N2O3. The van der Waals surface area contributed by atoms with Crippen molar-refractivity contribution in [3.05, 3.63) is 36.0 Å². The van der Waals surface area contributed by atoms with Crippen molar-refractivity contribution in [1.82, 2.24) is 10.3 Å². The number of fused-ring (bicyclic) bond motifs is 1. The van der Waals surface area contributed by atoms with Gasteiger partial charge in [-0.3, -0.25) is 4.79 Å². The van der Waals surface area contributed by atoms with E-state index in [-0.39, 0.29) is 11.9 Å². The molecule has 1 amide bonds. The van der Waals surface area contributed by atoms with Crippen LogP contribution in [0.1, 0.15) is 25.0 Å². The third-order valence-electron chi connectivity index (χ3n) is 3.71. The zero-order valence-electron chi connectivity index (χ0n) is 11.7. The summed E-state index contributed by atoms with van der Waals surface area (Å²) in [7, 11) is 0. The van der Waals surface area contributed by atoms with Crippen LogP contribution >= 0.6 is 0 Å². The highest BCUT2D eigenvalue weighted by atomic mass is 16.5. The molecule has 2 heterocycles. The number of benzene rings is 1. The first-order chi connectivity index (χ1) is 10.2. The fourth-order valence-corrected chi connectivity index (χ4v) is 2.60. The largest absolute Gasteiger partial charge is 0.464 e. The second-order valence-electron chi connectivity index (χ2n) is 5.31. The van der Waals surface area contributed by atoms with Crippen LogP contribution in [0.25, 0.3) is 10.9 Å². The monoisotopic (exact) mass is 286 g/mol. The average molecular weight is 286 g/mol. The van der Waals surface area contributed by atoms with Crippen molar-refractivity contribution in [1.29, 1.82) is 0 Å². The second-order valence-corrected chi connectivity index (χ2v) is 5.31. The molecule has 1 unspecified atom stereocenters. The Morgan fingerprint density at radius 1 is 1.38 bits per heavy atom. The minimum Gasteiger partial charge on any atom is -0.464 e.